The van der Waals surface area contributed by atoms with E-state index in [4.69, 9.17) is 14.2 Å². The Bertz CT molecular complexity index is 385. The number of Topliss-reactive ketones (excluding diaryl/α,β-unsaturated/α-hetero) is 1. The quantitative estimate of drug-likeness (QED) is 0.699. The van der Waals surface area contributed by atoms with Crippen molar-refractivity contribution in [2.24, 2.45) is 0 Å². The number of ether oxygens (including phenoxy) is 3. The summed E-state index contributed by atoms with van der Waals surface area (Å²) in [5.41, 5.74) is 0.561. The number of hydrogen-bond acceptors (Lipinski definition) is 4. The molecular weight excluding hydrogens is 232 g/mol. The van der Waals surface area contributed by atoms with Gasteiger partial charge in [0, 0.05) is 5.56 Å². The summed E-state index contributed by atoms with van der Waals surface area (Å²) < 4.78 is 16.6. The predicted octanol–water partition coefficient (Wildman–Crippen LogP) is 3.09. The monoisotopic (exact) mass is 252 g/mol. The van der Waals surface area contributed by atoms with E-state index in [-0.39, 0.29) is 5.78 Å². The van der Waals surface area contributed by atoms with E-state index in [1.165, 1.54) is 6.92 Å². The Morgan fingerprint density at radius 3 is 1.72 bits per heavy atom. The molecule has 0 aliphatic heterocycles. The van der Waals surface area contributed by atoms with Crippen molar-refractivity contribution in [2.45, 2.75) is 27.7 Å². The molecular formula is C14H20O4. The highest BCUT2D eigenvalue weighted by Crippen LogP contribution is 2.39. The standard InChI is InChI=1S/C14H20O4/c1-5-16-12-8-11(10(4)15)9-13(17-6-2)14(12)18-7-3/h8-9H,5-7H2,1-4H3. The summed E-state index contributed by atoms with van der Waals surface area (Å²) in [5, 5.41) is 0. The summed E-state index contributed by atoms with van der Waals surface area (Å²) in [7, 11) is 0. The zero-order valence-corrected chi connectivity index (χ0v) is 11.4. The minimum atomic E-state index is -0.0278. The fourth-order valence-corrected chi connectivity index (χ4v) is 1.59. The van der Waals surface area contributed by atoms with Crippen LogP contribution in [0.1, 0.15) is 38.1 Å². The summed E-state index contributed by atoms with van der Waals surface area (Å²) in [6, 6.07) is 3.39. The van der Waals surface area contributed by atoms with Crippen LogP contribution in [0.4, 0.5) is 0 Å². The highest BCUT2D eigenvalue weighted by atomic mass is 16.5. The molecule has 0 aromatic heterocycles. The molecule has 4 heteroatoms. The van der Waals surface area contributed by atoms with E-state index in [1.54, 1.807) is 12.1 Å². The van der Waals surface area contributed by atoms with E-state index in [1.807, 2.05) is 20.8 Å². The Morgan fingerprint density at radius 2 is 1.39 bits per heavy atom. The summed E-state index contributed by atoms with van der Waals surface area (Å²) >= 11 is 0. The van der Waals surface area contributed by atoms with Crippen LogP contribution >= 0.6 is 0 Å². The predicted molar refractivity (Wildman–Crippen MR) is 70.0 cm³/mol. The van der Waals surface area contributed by atoms with Gasteiger partial charge in [0.2, 0.25) is 5.75 Å². The Morgan fingerprint density at radius 1 is 0.944 bits per heavy atom. The van der Waals surface area contributed by atoms with E-state index in [2.05, 4.69) is 0 Å². The first-order valence-corrected chi connectivity index (χ1v) is 6.21. The van der Waals surface area contributed by atoms with Crippen molar-refractivity contribution in [2.75, 3.05) is 19.8 Å². The summed E-state index contributed by atoms with van der Waals surface area (Å²) in [4.78, 5) is 11.5. The van der Waals surface area contributed by atoms with Gasteiger partial charge in [-0.05, 0) is 39.8 Å². The molecule has 0 aliphatic carbocycles. The largest absolute Gasteiger partial charge is 0.490 e. The lowest BCUT2D eigenvalue weighted by atomic mass is 10.1. The van der Waals surface area contributed by atoms with Gasteiger partial charge in [-0.1, -0.05) is 0 Å². The van der Waals surface area contributed by atoms with Gasteiger partial charge in [0.1, 0.15) is 0 Å². The van der Waals surface area contributed by atoms with Crippen molar-refractivity contribution in [3.63, 3.8) is 0 Å². The third kappa shape index (κ3) is 3.39. The van der Waals surface area contributed by atoms with Crippen molar-refractivity contribution >= 4 is 5.78 Å². The molecule has 100 valence electrons. The second-order valence-corrected chi connectivity index (χ2v) is 3.66. The number of hydrogen-bond donors (Lipinski definition) is 0. The van der Waals surface area contributed by atoms with Gasteiger partial charge >= 0.3 is 0 Å². The maximum atomic E-state index is 11.5. The minimum Gasteiger partial charge on any atom is -0.490 e. The first-order chi connectivity index (χ1) is 8.63. The first kappa shape index (κ1) is 14.4. The van der Waals surface area contributed by atoms with E-state index < -0.39 is 0 Å². The molecule has 0 fully saturated rings. The number of ketones is 1. The van der Waals surface area contributed by atoms with E-state index in [0.717, 1.165) is 0 Å². The van der Waals surface area contributed by atoms with Gasteiger partial charge in [0.05, 0.1) is 19.8 Å². The van der Waals surface area contributed by atoms with Gasteiger partial charge in [0.25, 0.3) is 0 Å². The van der Waals surface area contributed by atoms with Crippen molar-refractivity contribution in [1.82, 2.24) is 0 Å². The molecule has 0 atom stereocenters. The van der Waals surface area contributed by atoms with Crippen molar-refractivity contribution in [3.05, 3.63) is 17.7 Å². The minimum absolute atomic E-state index is 0.0278. The average molecular weight is 252 g/mol. The molecule has 1 rings (SSSR count). The Balaban J connectivity index is 3.28. The van der Waals surface area contributed by atoms with Crippen molar-refractivity contribution < 1.29 is 19.0 Å². The van der Waals surface area contributed by atoms with Gasteiger partial charge in [-0.25, -0.2) is 0 Å². The third-order valence-corrected chi connectivity index (χ3v) is 2.32. The Labute approximate surface area is 108 Å². The van der Waals surface area contributed by atoms with E-state index in [0.29, 0.717) is 42.6 Å². The maximum absolute atomic E-state index is 11.5. The SMILES string of the molecule is CCOc1cc(C(C)=O)cc(OCC)c1OCC. The van der Waals surface area contributed by atoms with Gasteiger partial charge in [-0.15, -0.1) is 0 Å². The summed E-state index contributed by atoms with van der Waals surface area (Å²) in [6.45, 7) is 8.71. The summed E-state index contributed by atoms with van der Waals surface area (Å²) in [6.07, 6.45) is 0. The fourth-order valence-electron chi connectivity index (χ4n) is 1.59. The normalized spacial score (nSPS) is 10.0. The highest BCUT2D eigenvalue weighted by molar-refractivity contribution is 5.95. The smallest absolute Gasteiger partial charge is 0.203 e. The Hall–Kier alpha value is -1.71. The van der Waals surface area contributed by atoms with Crippen LogP contribution in [0.5, 0.6) is 17.2 Å². The Kier molecular flexibility index (Phi) is 5.49. The molecule has 0 saturated heterocycles. The lowest BCUT2D eigenvalue weighted by molar-refractivity contribution is 0.101. The van der Waals surface area contributed by atoms with Crippen LogP contribution in [0.2, 0.25) is 0 Å². The number of benzene rings is 1. The molecule has 18 heavy (non-hydrogen) atoms. The lowest BCUT2D eigenvalue weighted by Gasteiger charge is -2.16. The van der Waals surface area contributed by atoms with Gasteiger partial charge in [-0.2, -0.15) is 0 Å². The second-order valence-electron chi connectivity index (χ2n) is 3.66. The second kappa shape index (κ2) is 6.89. The lowest BCUT2D eigenvalue weighted by Crippen LogP contribution is -2.04. The molecule has 0 spiro atoms. The average Bonchev–Trinajstić information content (AvgIpc) is 2.33. The molecule has 0 radical (unpaired) electrons. The zero-order chi connectivity index (χ0) is 13.5. The molecule has 0 unspecified atom stereocenters. The van der Waals surface area contributed by atoms with Gasteiger partial charge < -0.3 is 14.2 Å². The molecule has 0 heterocycles. The van der Waals surface area contributed by atoms with E-state index in [9.17, 15) is 4.79 Å². The van der Waals surface area contributed by atoms with Crippen molar-refractivity contribution in [3.8, 4) is 17.2 Å². The molecule has 1 aromatic carbocycles. The van der Waals surface area contributed by atoms with Gasteiger partial charge in [0.15, 0.2) is 17.3 Å². The number of carbonyl (C=O) groups excluding carboxylic acids is 1. The van der Waals surface area contributed by atoms with Crippen LogP contribution in [-0.4, -0.2) is 25.6 Å². The number of rotatable bonds is 7. The molecule has 0 aliphatic rings. The van der Waals surface area contributed by atoms with Crippen LogP contribution in [0.3, 0.4) is 0 Å². The fraction of sp³-hybridized carbons (Fsp3) is 0.500. The van der Waals surface area contributed by atoms with Crippen LogP contribution in [0.15, 0.2) is 12.1 Å². The topological polar surface area (TPSA) is 44.8 Å². The maximum Gasteiger partial charge on any atom is 0.203 e. The molecule has 0 bridgehead atoms. The molecule has 1 aromatic rings. The highest BCUT2D eigenvalue weighted by Gasteiger charge is 2.16. The molecule has 0 saturated carbocycles. The first-order valence-electron chi connectivity index (χ1n) is 6.21. The zero-order valence-electron chi connectivity index (χ0n) is 11.4. The molecule has 0 amide bonds. The number of carbonyl (C=O) groups is 1. The third-order valence-electron chi connectivity index (χ3n) is 2.32. The van der Waals surface area contributed by atoms with Crippen LogP contribution in [0.25, 0.3) is 0 Å². The van der Waals surface area contributed by atoms with Crippen LogP contribution in [0, 0.1) is 0 Å². The van der Waals surface area contributed by atoms with Crippen molar-refractivity contribution in [1.29, 1.82) is 0 Å². The van der Waals surface area contributed by atoms with Crippen LogP contribution in [-0.2, 0) is 0 Å². The van der Waals surface area contributed by atoms with Crippen LogP contribution < -0.4 is 14.2 Å². The molecule has 4 nitrogen and oxygen atoms in total. The molecule has 0 N–H and O–H groups in total. The summed E-state index contributed by atoms with van der Waals surface area (Å²) in [5.74, 6) is 1.64. The van der Waals surface area contributed by atoms with Gasteiger partial charge in [-0.3, -0.25) is 4.79 Å². The van der Waals surface area contributed by atoms with E-state index >= 15 is 0 Å².